The number of hydrogen-bond acceptors (Lipinski definition) is 5. The van der Waals surface area contributed by atoms with E-state index in [0.29, 0.717) is 37.1 Å². The first-order chi connectivity index (χ1) is 18.2. The summed E-state index contributed by atoms with van der Waals surface area (Å²) in [4.78, 5) is 13.1. The van der Waals surface area contributed by atoms with E-state index in [1.807, 2.05) is 35.2 Å². The van der Waals surface area contributed by atoms with Crippen molar-refractivity contribution in [1.82, 2.24) is 4.90 Å². The summed E-state index contributed by atoms with van der Waals surface area (Å²) in [5.74, 6) is 0.304. The molecule has 0 bridgehead atoms. The molecule has 0 unspecified atom stereocenters. The van der Waals surface area contributed by atoms with Gasteiger partial charge in [-0.05, 0) is 41.8 Å². The van der Waals surface area contributed by atoms with Crippen molar-refractivity contribution in [3.05, 3.63) is 94.0 Å². The number of carbonyl (C=O) groups excluding carboxylic acids is 1. The van der Waals surface area contributed by atoms with E-state index in [4.69, 9.17) is 16.3 Å². The first-order valence-corrected chi connectivity index (χ1v) is 14.5. The second-order valence-corrected chi connectivity index (χ2v) is 12.4. The van der Waals surface area contributed by atoms with Gasteiger partial charge >= 0.3 is 6.18 Å². The Balaban J connectivity index is 1.77. The van der Waals surface area contributed by atoms with E-state index in [1.165, 1.54) is 24.3 Å². The van der Waals surface area contributed by atoms with Gasteiger partial charge in [0.1, 0.15) is 5.75 Å². The van der Waals surface area contributed by atoms with Gasteiger partial charge in [0.2, 0.25) is 0 Å². The Labute approximate surface area is 232 Å². The van der Waals surface area contributed by atoms with Crippen LogP contribution in [0.1, 0.15) is 47.3 Å². The number of ether oxygens (including phenoxy) is 1. The minimum absolute atomic E-state index is 0.0529. The first kappa shape index (κ1) is 30.7. The van der Waals surface area contributed by atoms with Crippen molar-refractivity contribution in [2.24, 2.45) is 0 Å². The fraction of sp³-hybridized carbons (Fsp3) is 0.345. The molecule has 0 atom stereocenters. The molecule has 0 fully saturated rings. The number of halogens is 4. The molecule has 0 aliphatic rings. The number of alkyl halides is 3. The van der Waals surface area contributed by atoms with Crippen LogP contribution in [0.25, 0.3) is 0 Å². The van der Waals surface area contributed by atoms with Crippen LogP contribution in [0.2, 0.25) is 5.02 Å². The average Bonchev–Trinajstić information content (AvgIpc) is 2.86. The summed E-state index contributed by atoms with van der Waals surface area (Å²) in [7, 11) is -3.62. The summed E-state index contributed by atoms with van der Waals surface area (Å²) in [5, 5.41) is -0.313. The maximum atomic E-state index is 13.4. The van der Waals surface area contributed by atoms with Gasteiger partial charge in [-0.1, -0.05) is 67.9 Å². The lowest BCUT2D eigenvalue weighted by molar-refractivity contribution is -0.137. The lowest BCUT2D eigenvalue weighted by Crippen LogP contribution is -2.37. The number of hydrogen-bond donors (Lipinski definition) is 0. The maximum absolute atomic E-state index is 13.4. The molecule has 3 rings (SSSR count). The lowest BCUT2D eigenvalue weighted by atomic mass is 9.84. The van der Waals surface area contributed by atoms with Gasteiger partial charge in [0, 0.05) is 36.9 Å². The van der Waals surface area contributed by atoms with Crippen LogP contribution in [-0.2, 0) is 28.0 Å². The van der Waals surface area contributed by atoms with Crippen molar-refractivity contribution < 1.29 is 31.1 Å². The molecule has 0 amide bonds. The van der Waals surface area contributed by atoms with E-state index in [1.54, 1.807) is 6.07 Å². The van der Waals surface area contributed by atoms with Gasteiger partial charge in [-0.3, -0.25) is 9.69 Å². The predicted octanol–water partition coefficient (Wildman–Crippen LogP) is 6.82. The molecule has 0 saturated heterocycles. The molecule has 0 N–H and O–H groups in total. The highest BCUT2D eigenvalue weighted by atomic mass is 35.5. The lowest BCUT2D eigenvalue weighted by Gasteiger charge is -2.33. The van der Waals surface area contributed by atoms with Crippen LogP contribution in [0.3, 0.4) is 0 Å². The van der Waals surface area contributed by atoms with E-state index in [-0.39, 0.29) is 34.0 Å². The summed E-state index contributed by atoms with van der Waals surface area (Å²) in [6, 6.07) is 18.0. The predicted molar refractivity (Wildman–Crippen MR) is 146 cm³/mol. The SMILES string of the molecule is CC(C)(CN(CCCOc1ccc(C=O)c(S(C)(=O)=O)c1)Cc1cccc(C(F)(F)F)c1Cl)c1ccccc1. The normalized spacial score (nSPS) is 12.5. The molecular formula is C29H31ClF3NO4S. The van der Waals surface area contributed by atoms with Gasteiger partial charge in [-0.15, -0.1) is 0 Å². The highest BCUT2D eigenvalue weighted by Gasteiger charge is 2.34. The zero-order valence-electron chi connectivity index (χ0n) is 22.0. The Morgan fingerprint density at radius 3 is 2.31 bits per heavy atom. The zero-order valence-corrected chi connectivity index (χ0v) is 23.5. The highest BCUT2D eigenvalue weighted by Crippen LogP contribution is 2.37. The van der Waals surface area contributed by atoms with Crippen molar-refractivity contribution >= 4 is 27.7 Å². The number of carbonyl (C=O) groups is 1. The van der Waals surface area contributed by atoms with Crippen molar-refractivity contribution in [1.29, 1.82) is 0 Å². The van der Waals surface area contributed by atoms with Crippen LogP contribution >= 0.6 is 11.6 Å². The summed E-state index contributed by atoms with van der Waals surface area (Å²) < 4.78 is 70.1. The van der Waals surface area contributed by atoms with Crippen molar-refractivity contribution in [3.8, 4) is 5.75 Å². The van der Waals surface area contributed by atoms with E-state index >= 15 is 0 Å². The van der Waals surface area contributed by atoms with Gasteiger partial charge < -0.3 is 4.74 Å². The minimum atomic E-state index is -4.56. The molecule has 0 aliphatic heterocycles. The summed E-state index contributed by atoms with van der Waals surface area (Å²) in [6.45, 7) is 5.58. The quantitative estimate of drug-likeness (QED) is 0.173. The van der Waals surface area contributed by atoms with Crippen LogP contribution in [-0.4, -0.2) is 45.6 Å². The molecule has 0 heterocycles. The molecule has 0 spiro atoms. The molecule has 210 valence electrons. The summed E-state index contributed by atoms with van der Waals surface area (Å²) in [6.07, 6.45) is -2.56. The zero-order chi connectivity index (χ0) is 28.8. The van der Waals surface area contributed by atoms with Crippen LogP contribution in [0.4, 0.5) is 13.2 Å². The summed E-state index contributed by atoms with van der Waals surface area (Å²) in [5.41, 5.74) is 0.332. The largest absolute Gasteiger partial charge is 0.494 e. The van der Waals surface area contributed by atoms with Gasteiger partial charge in [-0.2, -0.15) is 13.2 Å². The highest BCUT2D eigenvalue weighted by molar-refractivity contribution is 7.90. The van der Waals surface area contributed by atoms with Crippen molar-refractivity contribution in [3.63, 3.8) is 0 Å². The molecular weight excluding hydrogens is 551 g/mol. The second kappa shape index (κ2) is 12.5. The Morgan fingerprint density at radius 2 is 1.69 bits per heavy atom. The van der Waals surface area contributed by atoms with Crippen LogP contribution in [0.5, 0.6) is 5.75 Å². The summed E-state index contributed by atoms with van der Waals surface area (Å²) >= 11 is 6.20. The van der Waals surface area contributed by atoms with Crippen LogP contribution in [0.15, 0.2) is 71.6 Å². The monoisotopic (exact) mass is 581 g/mol. The Kier molecular flexibility index (Phi) is 9.85. The van der Waals surface area contributed by atoms with Gasteiger partial charge in [-0.25, -0.2) is 8.42 Å². The molecule has 3 aromatic rings. The smallest absolute Gasteiger partial charge is 0.417 e. The molecule has 10 heteroatoms. The molecule has 0 radical (unpaired) electrons. The Hall–Kier alpha value is -2.88. The Morgan fingerprint density at radius 1 is 1.00 bits per heavy atom. The molecule has 3 aromatic carbocycles. The maximum Gasteiger partial charge on any atom is 0.417 e. The Bertz CT molecular complexity index is 1390. The van der Waals surface area contributed by atoms with Gasteiger partial charge in [0.25, 0.3) is 0 Å². The topological polar surface area (TPSA) is 63.7 Å². The number of nitrogens with zero attached hydrogens (tertiary/aromatic N) is 1. The van der Waals surface area contributed by atoms with Crippen molar-refractivity contribution in [2.75, 3.05) is 26.0 Å². The molecule has 0 aromatic heterocycles. The van der Waals surface area contributed by atoms with E-state index in [9.17, 15) is 26.4 Å². The number of sulfone groups is 1. The third-order valence-corrected chi connectivity index (χ3v) is 7.95. The molecule has 5 nitrogen and oxygen atoms in total. The van der Waals surface area contributed by atoms with Crippen LogP contribution < -0.4 is 4.74 Å². The standard InChI is InChI=1S/C29H31ClF3NO4S/c1-28(2,23-10-5-4-6-11-23)20-34(18-21-9-7-12-25(27(21)30)29(31,32)33)15-8-16-38-24-14-13-22(19-35)26(17-24)39(3,36)37/h4-7,9-14,17,19H,8,15-16,18,20H2,1-3H3. The average molecular weight is 582 g/mol. The number of aldehydes is 1. The first-order valence-electron chi connectivity index (χ1n) is 12.3. The number of rotatable bonds is 12. The third kappa shape index (κ3) is 8.30. The molecule has 0 aliphatic carbocycles. The van der Waals surface area contributed by atoms with Crippen LogP contribution in [0, 0.1) is 0 Å². The van der Waals surface area contributed by atoms with Crippen molar-refractivity contribution in [2.45, 2.75) is 43.3 Å². The molecule has 39 heavy (non-hydrogen) atoms. The molecule has 0 saturated carbocycles. The van der Waals surface area contributed by atoms with E-state index < -0.39 is 21.6 Å². The van der Waals surface area contributed by atoms with Gasteiger partial charge in [0.05, 0.1) is 22.1 Å². The van der Waals surface area contributed by atoms with Gasteiger partial charge in [0.15, 0.2) is 16.1 Å². The van der Waals surface area contributed by atoms with E-state index in [2.05, 4.69) is 13.8 Å². The fourth-order valence-corrected chi connectivity index (χ4v) is 5.58. The fourth-order valence-electron chi connectivity index (χ4n) is 4.42. The number of benzene rings is 3. The second-order valence-electron chi connectivity index (χ2n) is 10.0. The van der Waals surface area contributed by atoms with E-state index in [0.717, 1.165) is 17.9 Å². The minimum Gasteiger partial charge on any atom is -0.494 e. The third-order valence-electron chi connectivity index (χ3n) is 6.35.